The number of fused-ring (bicyclic) bond motifs is 1. The molecule has 0 spiro atoms. The summed E-state index contributed by atoms with van der Waals surface area (Å²) in [6, 6.07) is 14.0. The van der Waals surface area contributed by atoms with Crippen molar-refractivity contribution >= 4 is 11.6 Å². The largest absolute Gasteiger partial charge is 0.497 e. The molecule has 158 valence electrons. The summed E-state index contributed by atoms with van der Waals surface area (Å²) in [6.07, 6.45) is 1.59. The molecule has 3 aromatic heterocycles. The van der Waals surface area contributed by atoms with Crippen molar-refractivity contribution in [2.24, 2.45) is 7.05 Å². The second kappa shape index (κ2) is 8.66. The molecule has 0 saturated carbocycles. The van der Waals surface area contributed by atoms with Gasteiger partial charge >= 0.3 is 0 Å². The number of nitrogens with zero attached hydrogens (tertiary/aromatic N) is 5. The van der Waals surface area contributed by atoms with Crippen LogP contribution in [0.5, 0.6) is 11.6 Å². The van der Waals surface area contributed by atoms with Crippen LogP contribution in [0.3, 0.4) is 0 Å². The van der Waals surface area contributed by atoms with E-state index in [0.29, 0.717) is 17.4 Å². The Balaban J connectivity index is 1.41. The highest BCUT2D eigenvalue weighted by Crippen LogP contribution is 2.21. The van der Waals surface area contributed by atoms with Crippen molar-refractivity contribution in [1.29, 1.82) is 0 Å². The first kappa shape index (κ1) is 20.1. The van der Waals surface area contributed by atoms with Gasteiger partial charge in [0.25, 0.3) is 11.5 Å². The Kier molecular flexibility index (Phi) is 5.61. The van der Waals surface area contributed by atoms with Crippen LogP contribution in [-0.4, -0.2) is 50.5 Å². The second-order valence-electron chi connectivity index (χ2n) is 6.64. The van der Waals surface area contributed by atoms with Crippen molar-refractivity contribution in [3.8, 4) is 23.0 Å². The van der Waals surface area contributed by atoms with Crippen LogP contribution in [0, 0.1) is 0 Å². The van der Waals surface area contributed by atoms with E-state index in [0.717, 1.165) is 11.3 Å². The number of ether oxygens (including phenoxy) is 2. The SMILES string of the molecule is COc1ccc(-c2nnc3ccc(OCCNC(=O)c4cccn(C)c4=O)nn23)cc1. The Bertz CT molecular complexity index is 1280. The van der Waals surface area contributed by atoms with Gasteiger partial charge in [0.15, 0.2) is 11.5 Å². The third-order valence-electron chi connectivity index (χ3n) is 4.59. The lowest BCUT2D eigenvalue weighted by Crippen LogP contribution is -2.34. The van der Waals surface area contributed by atoms with Crippen LogP contribution in [0.2, 0.25) is 0 Å². The van der Waals surface area contributed by atoms with E-state index in [9.17, 15) is 9.59 Å². The second-order valence-corrected chi connectivity index (χ2v) is 6.64. The number of aromatic nitrogens is 5. The molecule has 3 heterocycles. The molecule has 0 aliphatic heterocycles. The minimum atomic E-state index is -0.450. The summed E-state index contributed by atoms with van der Waals surface area (Å²) in [5, 5.41) is 15.4. The Morgan fingerprint density at radius 1 is 1.10 bits per heavy atom. The third-order valence-corrected chi connectivity index (χ3v) is 4.59. The maximum absolute atomic E-state index is 12.2. The van der Waals surface area contributed by atoms with Gasteiger partial charge in [-0.25, -0.2) is 0 Å². The molecule has 1 aromatic carbocycles. The molecular formula is C21H20N6O4. The van der Waals surface area contributed by atoms with E-state index in [1.807, 2.05) is 24.3 Å². The quantitative estimate of drug-likeness (QED) is 0.449. The average Bonchev–Trinajstić information content (AvgIpc) is 3.21. The van der Waals surface area contributed by atoms with Gasteiger partial charge in [0, 0.05) is 24.9 Å². The Morgan fingerprint density at radius 2 is 1.90 bits per heavy atom. The van der Waals surface area contributed by atoms with Crippen LogP contribution in [0.25, 0.3) is 17.0 Å². The molecule has 0 aliphatic rings. The van der Waals surface area contributed by atoms with Gasteiger partial charge in [-0.05, 0) is 42.5 Å². The normalized spacial score (nSPS) is 10.8. The summed E-state index contributed by atoms with van der Waals surface area (Å²) in [6.45, 7) is 0.390. The number of hydrogen-bond acceptors (Lipinski definition) is 7. The third kappa shape index (κ3) is 4.22. The van der Waals surface area contributed by atoms with Crippen LogP contribution in [0.1, 0.15) is 10.4 Å². The van der Waals surface area contributed by atoms with Crippen LogP contribution in [0.4, 0.5) is 0 Å². The van der Waals surface area contributed by atoms with E-state index in [1.54, 1.807) is 43.1 Å². The molecule has 0 radical (unpaired) electrons. The molecule has 0 unspecified atom stereocenters. The number of nitrogens with one attached hydrogen (secondary N) is 1. The molecule has 0 fully saturated rings. The fourth-order valence-corrected chi connectivity index (χ4v) is 2.95. The van der Waals surface area contributed by atoms with Gasteiger partial charge in [0.05, 0.1) is 13.7 Å². The van der Waals surface area contributed by atoms with Gasteiger partial charge in [0.1, 0.15) is 17.9 Å². The summed E-state index contributed by atoms with van der Waals surface area (Å²) < 4.78 is 13.8. The fourth-order valence-electron chi connectivity index (χ4n) is 2.95. The average molecular weight is 420 g/mol. The molecule has 1 N–H and O–H groups in total. The highest BCUT2D eigenvalue weighted by atomic mass is 16.5. The first-order chi connectivity index (χ1) is 15.1. The molecular weight excluding hydrogens is 400 g/mol. The van der Waals surface area contributed by atoms with Gasteiger partial charge in [-0.2, -0.15) is 4.52 Å². The topological polar surface area (TPSA) is 113 Å². The molecule has 0 bridgehead atoms. The lowest BCUT2D eigenvalue weighted by molar-refractivity contribution is 0.0944. The molecule has 31 heavy (non-hydrogen) atoms. The van der Waals surface area contributed by atoms with Crippen molar-refractivity contribution < 1.29 is 14.3 Å². The molecule has 0 atom stereocenters. The molecule has 10 heteroatoms. The minimum absolute atomic E-state index is 0.0816. The molecule has 1 amide bonds. The number of aryl methyl sites for hydroxylation is 1. The van der Waals surface area contributed by atoms with Crippen LogP contribution < -0.4 is 20.3 Å². The molecule has 0 saturated heterocycles. The number of rotatable bonds is 7. The fraction of sp³-hybridized carbons (Fsp3) is 0.190. The lowest BCUT2D eigenvalue weighted by Gasteiger charge is -2.08. The van der Waals surface area contributed by atoms with Gasteiger partial charge in [0.2, 0.25) is 5.88 Å². The van der Waals surface area contributed by atoms with E-state index in [2.05, 4.69) is 20.6 Å². The van der Waals surface area contributed by atoms with Crippen LogP contribution in [-0.2, 0) is 7.05 Å². The van der Waals surface area contributed by atoms with Gasteiger partial charge in [-0.15, -0.1) is 15.3 Å². The molecule has 10 nitrogen and oxygen atoms in total. The summed E-state index contributed by atoms with van der Waals surface area (Å²) in [5.74, 6) is 1.21. The van der Waals surface area contributed by atoms with Crippen molar-refractivity contribution in [2.75, 3.05) is 20.3 Å². The number of pyridine rings is 1. The van der Waals surface area contributed by atoms with E-state index >= 15 is 0 Å². The summed E-state index contributed by atoms with van der Waals surface area (Å²) in [5.41, 5.74) is 1.13. The highest BCUT2D eigenvalue weighted by molar-refractivity contribution is 5.93. The smallest absolute Gasteiger partial charge is 0.263 e. The predicted molar refractivity (Wildman–Crippen MR) is 112 cm³/mol. The van der Waals surface area contributed by atoms with Gasteiger partial charge in [-0.3, -0.25) is 9.59 Å². The van der Waals surface area contributed by atoms with Gasteiger partial charge in [-0.1, -0.05) is 0 Å². The summed E-state index contributed by atoms with van der Waals surface area (Å²) in [7, 11) is 3.20. The Hall–Kier alpha value is -4.21. The van der Waals surface area contributed by atoms with E-state index in [1.165, 1.54) is 10.6 Å². The van der Waals surface area contributed by atoms with Gasteiger partial charge < -0.3 is 19.4 Å². The Labute approximate surface area is 177 Å². The number of carbonyl (C=O) groups excluding carboxylic acids is 1. The van der Waals surface area contributed by atoms with E-state index in [-0.39, 0.29) is 24.3 Å². The number of benzene rings is 1. The zero-order valence-electron chi connectivity index (χ0n) is 17.0. The zero-order chi connectivity index (χ0) is 21.8. The number of methoxy groups -OCH3 is 1. The summed E-state index contributed by atoms with van der Waals surface area (Å²) in [4.78, 5) is 24.2. The van der Waals surface area contributed by atoms with E-state index in [4.69, 9.17) is 9.47 Å². The number of carbonyl (C=O) groups is 1. The number of hydrogen-bond donors (Lipinski definition) is 1. The highest BCUT2D eigenvalue weighted by Gasteiger charge is 2.12. The van der Waals surface area contributed by atoms with Crippen molar-refractivity contribution in [3.05, 3.63) is 70.6 Å². The zero-order valence-corrected chi connectivity index (χ0v) is 17.0. The van der Waals surface area contributed by atoms with Crippen LogP contribution in [0.15, 0.2) is 59.5 Å². The standard InChI is InChI=1S/C21H20N6O4/c1-26-12-3-4-16(21(26)29)20(28)22-11-13-31-18-10-9-17-23-24-19(27(17)25-18)14-5-7-15(30-2)8-6-14/h3-10,12H,11,13H2,1-2H3,(H,22,28). The minimum Gasteiger partial charge on any atom is -0.497 e. The Morgan fingerprint density at radius 3 is 2.68 bits per heavy atom. The van der Waals surface area contributed by atoms with Crippen LogP contribution >= 0.6 is 0 Å². The number of amides is 1. The first-order valence-electron chi connectivity index (χ1n) is 9.50. The summed E-state index contributed by atoms with van der Waals surface area (Å²) >= 11 is 0. The predicted octanol–water partition coefficient (Wildman–Crippen LogP) is 1.31. The first-order valence-corrected chi connectivity index (χ1v) is 9.50. The van der Waals surface area contributed by atoms with E-state index < -0.39 is 5.91 Å². The van der Waals surface area contributed by atoms with Crippen molar-refractivity contribution in [1.82, 2.24) is 29.7 Å². The molecule has 4 rings (SSSR count). The van der Waals surface area contributed by atoms with Crippen molar-refractivity contribution in [3.63, 3.8) is 0 Å². The maximum Gasteiger partial charge on any atom is 0.263 e. The maximum atomic E-state index is 12.2. The monoisotopic (exact) mass is 420 g/mol. The lowest BCUT2D eigenvalue weighted by atomic mass is 10.2. The molecule has 0 aliphatic carbocycles. The van der Waals surface area contributed by atoms with Crippen molar-refractivity contribution in [2.45, 2.75) is 0 Å². The molecule has 4 aromatic rings.